The number of rotatable bonds is 8. The maximum absolute atomic E-state index is 15.5. The summed E-state index contributed by atoms with van der Waals surface area (Å²) in [5.41, 5.74) is -0.395. The zero-order chi connectivity index (χ0) is 26.6. The number of amides is 1. The molecular formula is C25H32F4N4O3S. The summed E-state index contributed by atoms with van der Waals surface area (Å²) in [5.74, 6) is -0.323. The predicted octanol–water partition coefficient (Wildman–Crippen LogP) is 4.04. The van der Waals surface area contributed by atoms with Gasteiger partial charge in [-0.1, -0.05) is 17.4 Å². The maximum Gasteiger partial charge on any atom is 0.392 e. The number of hydrogen-bond donors (Lipinski definition) is 1. The molecule has 2 aromatic rings. The van der Waals surface area contributed by atoms with Gasteiger partial charge in [-0.2, -0.15) is 13.2 Å². The fourth-order valence-electron chi connectivity index (χ4n) is 4.86. The minimum Gasteiger partial charge on any atom is -0.470 e. The van der Waals surface area contributed by atoms with Crippen molar-refractivity contribution in [3.8, 4) is 5.19 Å². The summed E-state index contributed by atoms with van der Waals surface area (Å²) < 4.78 is 59.0. The number of fused-ring (bicyclic) bond motifs is 1. The Kier molecular flexibility index (Phi) is 8.57. The molecule has 1 aliphatic carbocycles. The third-order valence-corrected chi connectivity index (χ3v) is 8.27. The molecule has 3 heterocycles. The molecule has 2 aliphatic rings. The largest absolute Gasteiger partial charge is 0.470 e. The first kappa shape index (κ1) is 27.6. The molecule has 0 saturated heterocycles. The molecule has 1 N–H and O–H groups in total. The third-order valence-electron chi connectivity index (χ3n) is 7.20. The predicted molar refractivity (Wildman–Crippen MR) is 132 cm³/mol. The number of pyridine rings is 1. The van der Waals surface area contributed by atoms with Crippen LogP contribution in [0.3, 0.4) is 0 Å². The van der Waals surface area contributed by atoms with E-state index >= 15 is 4.39 Å². The van der Waals surface area contributed by atoms with Crippen LogP contribution >= 0.6 is 11.3 Å². The fourth-order valence-corrected chi connectivity index (χ4v) is 5.83. The van der Waals surface area contributed by atoms with Gasteiger partial charge in [0.15, 0.2) is 0 Å². The van der Waals surface area contributed by atoms with Gasteiger partial charge in [-0.25, -0.2) is 9.37 Å². The third kappa shape index (κ3) is 7.53. The van der Waals surface area contributed by atoms with E-state index in [1.165, 1.54) is 22.0 Å². The van der Waals surface area contributed by atoms with Crippen LogP contribution < -0.4 is 15.6 Å². The Labute approximate surface area is 216 Å². The number of hydrogen-bond acceptors (Lipinski definition) is 6. The number of thiazole rings is 1. The van der Waals surface area contributed by atoms with E-state index in [0.29, 0.717) is 58.0 Å². The standard InChI is InChI=1S/C25H32F4N4O3S/c1-32-19(3-2-4-21(32)34)22(35)30-17-5-9-24(26,10-6-17)11-15-33-13-7-18-20(8-14-33)37-23(31-18)36-16-12-25(27,28)29/h2-4,17H,5-16H2,1H3,(H,30,35)/t17-,24+. The van der Waals surface area contributed by atoms with Crippen LogP contribution in [0, 0.1) is 0 Å². The van der Waals surface area contributed by atoms with Gasteiger partial charge in [-0.3, -0.25) is 9.59 Å². The summed E-state index contributed by atoms with van der Waals surface area (Å²) in [7, 11) is 1.55. The van der Waals surface area contributed by atoms with Crippen molar-refractivity contribution in [2.75, 3.05) is 26.2 Å². The second-order valence-electron chi connectivity index (χ2n) is 9.86. The lowest BCUT2D eigenvalue weighted by Gasteiger charge is -2.35. The number of nitrogens with one attached hydrogen (secondary N) is 1. The van der Waals surface area contributed by atoms with Gasteiger partial charge in [0.2, 0.25) is 0 Å². The molecule has 0 atom stereocenters. The zero-order valence-corrected chi connectivity index (χ0v) is 21.6. The first-order chi connectivity index (χ1) is 17.5. The number of alkyl halides is 4. The molecule has 1 saturated carbocycles. The van der Waals surface area contributed by atoms with Gasteiger partial charge < -0.3 is 19.5 Å². The van der Waals surface area contributed by atoms with Crippen LogP contribution in [0.25, 0.3) is 0 Å². The van der Waals surface area contributed by atoms with E-state index < -0.39 is 24.9 Å². The molecule has 1 amide bonds. The Bertz CT molecular complexity index is 1120. The molecule has 12 heteroatoms. The van der Waals surface area contributed by atoms with Gasteiger partial charge in [0.1, 0.15) is 11.4 Å². The van der Waals surface area contributed by atoms with Crippen molar-refractivity contribution in [1.82, 2.24) is 19.8 Å². The SMILES string of the molecule is Cn1c(C(=O)N[C@H]2CC[C@](F)(CCN3CCc4nc(OCCC(F)(F)F)sc4CC3)CC2)cccc1=O. The highest BCUT2D eigenvalue weighted by atomic mass is 32.1. The summed E-state index contributed by atoms with van der Waals surface area (Å²) in [4.78, 5) is 31.9. The number of carbonyl (C=O) groups excluding carboxylic acids is 1. The number of aromatic nitrogens is 2. The Morgan fingerprint density at radius 1 is 1.24 bits per heavy atom. The average Bonchev–Trinajstić information content (AvgIpc) is 3.12. The fraction of sp³-hybridized carbons (Fsp3) is 0.640. The highest BCUT2D eigenvalue weighted by molar-refractivity contribution is 7.13. The van der Waals surface area contributed by atoms with Crippen LogP contribution in [0.4, 0.5) is 17.6 Å². The number of nitrogens with zero attached hydrogens (tertiary/aromatic N) is 3. The summed E-state index contributed by atoms with van der Waals surface area (Å²) in [6.45, 7) is 1.63. The highest BCUT2D eigenvalue weighted by Gasteiger charge is 2.36. The van der Waals surface area contributed by atoms with Crippen molar-refractivity contribution < 1.29 is 27.1 Å². The van der Waals surface area contributed by atoms with Crippen LogP contribution in [0.5, 0.6) is 5.19 Å². The molecule has 0 radical (unpaired) electrons. The Hall–Kier alpha value is -2.47. The summed E-state index contributed by atoms with van der Waals surface area (Å²) in [6.07, 6.45) is -1.65. The monoisotopic (exact) mass is 544 g/mol. The average molecular weight is 545 g/mol. The minimum absolute atomic E-state index is 0.125. The minimum atomic E-state index is -4.25. The van der Waals surface area contributed by atoms with Crippen LogP contribution in [0.1, 0.15) is 59.6 Å². The highest BCUT2D eigenvalue weighted by Crippen LogP contribution is 2.36. The summed E-state index contributed by atoms with van der Waals surface area (Å²) >= 11 is 1.30. The molecule has 0 aromatic carbocycles. The van der Waals surface area contributed by atoms with Crippen LogP contribution in [-0.4, -0.2) is 64.5 Å². The number of carbonyl (C=O) groups is 1. The molecular weight excluding hydrogens is 512 g/mol. The van der Waals surface area contributed by atoms with Gasteiger partial charge in [0, 0.05) is 50.1 Å². The lowest BCUT2D eigenvalue weighted by Crippen LogP contribution is -2.44. The first-order valence-corrected chi connectivity index (χ1v) is 13.4. The van der Waals surface area contributed by atoms with E-state index in [-0.39, 0.29) is 28.4 Å². The molecule has 37 heavy (non-hydrogen) atoms. The van der Waals surface area contributed by atoms with Crippen LogP contribution in [0.2, 0.25) is 0 Å². The van der Waals surface area contributed by atoms with Gasteiger partial charge >= 0.3 is 6.18 Å². The number of halogens is 4. The summed E-state index contributed by atoms with van der Waals surface area (Å²) in [5, 5.41) is 3.22. The lowest BCUT2D eigenvalue weighted by molar-refractivity contribution is -0.139. The van der Waals surface area contributed by atoms with Gasteiger partial charge in [0.25, 0.3) is 16.7 Å². The van der Waals surface area contributed by atoms with Crippen molar-refractivity contribution >= 4 is 17.2 Å². The van der Waals surface area contributed by atoms with E-state index in [1.807, 2.05) is 0 Å². The molecule has 0 spiro atoms. The van der Waals surface area contributed by atoms with Crippen molar-refractivity contribution in [2.45, 2.75) is 69.3 Å². The van der Waals surface area contributed by atoms with Gasteiger partial charge in [-0.05, 0) is 44.6 Å². The molecule has 2 aromatic heterocycles. The first-order valence-electron chi connectivity index (χ1n) is 12.6. The zero-order valence-electron chi connectivity index (χ0n) is 20.8. The molecule has 0 bridgehead atoms. The molecule has 1 fully saturated rings. The Morgan fingerprint density at radius 2 is 1.97 bits per heavy atom. The quantitative estimate of drug-likeness (QED) is 0.508. The molecule has 204 valence electrons. The summed E-state index contributed by atoms with van der Waals surface area (Å²) in [6, 6.07) is 4.41. The van der Waals surface area contributed by atoms with Crippen LogP contribution in [-0.2, 0) is 19.9 Å². The van der Waals surface area contributed by atoms with Crippen molar-refractivity contribution in [2.24, 2.45) is 7.05 Å². The topological polar surface area (TPSA) is 76.5 Å². The smallest absolute Gasteiger partial charge is 0.392 e. The second-order valence-corrected chi connectivity index (χ2v) is 10.9. The molecule has 7 nitrogen and oxygen atoms in total. The van der Waals surface area contributed by atoms with E-state index in [0.717, 1.165) is 17.1 Å². The number of ether oxygens (including phenoxy) is 1. The van der Waals surface area contributed by atoms with Gasteiger partial charge in [0.05, 0.1) is 18.7 Å². The molecule has 4 rings (SSSR count). The van der Waals surface area contributed by atoms with Crippen molar-refractivity contribution in [3.63, 3.8) is 0 Å². The van der Waals surface area contributed by atoms with Crippen molar-refractivity contribution in [3.05, 3.63) is 44.8 Å². The van der Waals surface area contributed by atoms with Crippen LogP contribution in [0.15, 0.2) is 23.0 Å². The van der Waals surface area contributed by atoms with Gasteiger partial charge in [-0.15, -0.1) is 0 Å². The maximum atomic E-state index is 15.5. The van der Waals surface area contributed by atoms with E-state index in [2.05, 4.69) is 15.2 Å². The van der Waals surface area contributed by atoms with E-state index in [1.54, 1.807) is 19.2 Å². The Morgan fingerprint density at radius 3 is 2.70 bits per heavy atom. The molecule has 1 aliphatic heterocycles. The van der Waals surface area contributed by atoms with E-state index in [9.17, 15) is 22.8 Å². The molecule has 0 unspecified atom stereocenters. The lowest BCUT2D eigenvalue weighted by atomic mass is 9.81. The van der Waals surface area contributed by atoms with E-state index in [4.69, 9.17) is 4.74 Å². The Balaban J connectivity index is 1.20. The second kappa shape index (κ2) is 11.5. The van der Waals surface area contributed by atoms with Crippen molar-refractivity contribution in [1.29, 1.82) is 0 Å². The normalized spacial score (nSPS) is 22.8.